The van der Waals surface area contributed by atoms with Crippen molar-refractivity contribution in [3.8, 4) is 5.75 Å². The van der Waals surface area contributed by atoms with Crippen molar-refractivity contribution in [1.82, 2.24) is 4.72 Å². The van der Waals surface area contributed by atoms with Gasteiger partial charge in [-0.05, 0) is 31.5 Å². The highest BCUT2D eigenvalue weighted by atomic mass is 79.9. The van der Waals surface area contributed by atoms with Gasteiger partial charge < -0.3 is 4.74 Å². The zero-order chi connectivity index (χ0) is 13.6. The van der Waals surface area contributed by atoms with Crippen LogP contribution in [0.2, 0.25) is 0 Å². The predicted octanol–water partition coefficient (Wildman–Crippen LogP) is 2.93. The lowest BCUT2D eigenvalue weighted by atomic mass is 10.3. The van der Waals surface area contributed by atoms with Crippen LogP contribution in [0.1, 0.15) is 26.7 Å². The lowest BCUT2D eigenvalue weighted by Crippen LogP contribution is -2.25. The normalized spacial score (nSPS) is 11.5. The molecule has 1 aromatic rings. The van der Waals surface area contributed by atoms with Gasteiger partial charge >= 0.3 is 0 Å². The second-order valence-electron chi connectivity index (χ2n) is 3.78. The Morgan fingerprint density at radius 1 is 1.33 bits per heavy atom. The topological polar surface area (TPSA) is 55.4 Å². The zero-order valence-electron chi connectivity index (χ0n) is 10.6. The molecule has 102 valence electrons. The number of nitrogens with one attached hydrogen (secondary N) is 1. The van der Waals surface area contributed by atoms with Crippen molar-refractivity contribution in [3.63, 3.8) is 0 Å². The summed E-state index contributed by atoms with van der Waals surface area (Å²) in [6.45, 7) is 4.71. The molecule has 0 heterocycles. The molecule has 18 heavy (non-hydrogen) atoms. The summed E-state index contributed by atoms with van der Waals surface area (Å²) in [4.78, 5) is 0.176. The number of benzene rings is 1. The maximum Gasteiger partial charge on any atom is 0.244 e. The number of hydrogen-bond donors (Lipinski definition) is 1. The summed E-state index contributed by atoms with van der Waals surface area (Å²) in [6, 6.07) is 4.97. The van der Waals surface area contributed by atoms with Crippen LogP contribution in [0.25, 0.3) is 0 Å². The number of sulfonamides is 1. The van der Waals surface area contributed by atoms with Crippen molar-refractivity contribution >= 4 is 26.0 Å². The first-order valence-electron chi connectivity index (χ1n) is 5.93. The van der Waals surface area contributed by atoms with Gasteiger partial charge in [0.2, 0.25) is 10.0 Å². The average Bonchev–Trinajstić information content (AvgIpc) is 2.32. The van der Waals surface area contributed by atoms with E-state index in [0.717, 1.165) is 12.8 Å². The molecule has 0 spiro atoms. The van der Waals surface area contributed by atoms with Gasteiger partial charge in [-0.25, -0.2) is 13.1 Å². The van der Waals surface area contributed by atoms with Gasteiger partial charge in [-0.15, -0.1) is 0 Å². The van der Waals surface area contributed by atoms with Crippen molar-refractivity contribution < 1.29 is 13.2 Å². The Morgan fingerprint density at radius 3 is 2.67 bits per heavy atom. The van der Waals surface area contributed by atoms with E-state index in [2.05, 4.69) is 20.7 Å². The monoisotopic (exact) mass is 335 g/mol. The molecule has 0 amide bonds. The van der Waals surface area contributed by atoms with Gasteiger partial charge in [-0.2, -0.15) is 0 Å². The van der Waals surface area contributed by atoms with Crippen LogP contribution in [-0.2, 0) is 10.0 Å². The highest BCUT2D eigenvalue weighted by Gasteiger charge is 2.19. The maximum absolute atomic E-state index is 12.1. The van der Waals surface area contributed by atoms with Gasteiger partial charge in [0, 0.05) is 11.0 Å². The third-order valence-electron chi connectivity index (χ3n) is 2.32. The number of halogens is 1. The van der Waals surface area contributed by atoms with E-state index in [1.54, 1.807) is 18.2 Å². The van der Waals surface area contributed by atoms with Gasteiger partial charge in [-0.3, -0.25) is 0 Å². The fourth-order valence-corrected chi connectivity index (χ4v) is 3.18. The molecule has 0 saturated carbocycles. The van der Waals surface area contributed by atoms with Crippen LogP contribution in [0.4, 0.5) is 0 Å². The first-order chi connectivity index (χ1) is 8.51. The van der Waals surface area contributed by atoms with Crippen LogP contribution in [0.15, 0.2) is 27.6 Å². The number of ether oxygens (including phenoxy) is 1. The summed E-state index contributed by atoms with van der Waals surface area (Å²) < 4.78 is 32.9. The quantitative estimate of drug-likeness (QED) is 0.779. The SMILES string of the molecule is CCCCNS(=O)(=O)c1cc(Br)ccc1OCC. The summed E-state index contributed by atoms with van der Waals surface area (Å²) in [6.07, 6.45) is 1.76. The van der Waals surface area contributed by atoms with Crippen molar-refractivity contribution in [2.24, 2.45) is 0 Å². The summed E-state index contributed by atoms with van der Waals surface area (Å²) in [7, 11) is -3.51. The van der Waals surface area contributed by atoms with Crippen molar-refractivity contribution in [3.05, 3.63) is 22.7 Å². The van der Waals surface area contributed by atoms with Gasteiger partial charge in [0.25, 0.3) is 0 Å². The van der Waals surface area contributed by atoms with Crippen LogP contribution in [0.5, 0.6) is 5.75 Å². The van der Waals surface area contributed by atoms with Crippen molar-refractivity contribution in [2.75, 3.05) is 13.2 Å². The molecule has 4 nitrogen and oxygen atoms in total. The lowest BCUT2D eigenvalue weighted by Gasteiger charge is -2.12. The van der Waals surface area contributed by atoms with E-state index in [4.69, 9.17) is 4.74 Å². The molecule has 0 aliphatic rings. The standard InChI is InChI=1S/C12H18BrNO3S/c1-3-5-8-14-18(15,16)12-9-10(13)6-7-11(12)17-4-2/h6-7,9,14H,3-5,8H2,1-2H3. The molecular weight excluding hydrogens is 318 g/mol. The van der Waals surface area contributed by atoms with Crippen LogP contribution < -0.4 is 9.46 Å². The fourth-order valence-electron chi connectivity index (χ4n) is 1.43. The summed E-state index contributed by atoms with van der Waals surface area (Å²) in [5.41, 5.74) is 0. The van der Waals surface area contributed by atoms with Gasteiger partial charge in [-0.1, -0.05) is 29.3 Å². The molecule has 0 aromatic heterocycles. The Hall–Kier alpha value is -0.590. The Balaban J connectivity index is 3.01. The lowest BCUT2D eigenvalue weighted by molar-refractivity contribution is 0.331. The highest BCUT2D eigenvalue weighted by molar-refractivity contribution is 9.10. The number of rotatable bonds is 7. The predicted molar refractivity (Wildman–Crippen MR) is 75.4 cm³/mol. The van der Waals surface area contributed by atoms with Crippen LogP contribution in [-0.4, -0.2) is 21.6 Å². The average molecular weight is 336 g/mol. The molecule has 0 aliphatic carbocycles. The van der Waals surface area contributed by atoms with Crippen LogP contribution in [0, 0.1) is 0 Å². The Morgan fingerprint density at radius 2 is 2.06 bits per heavy atom. The Kier molecular flexibility index (Phi) is 6.11. The Labute approximate surface area is 117 Å². The molecule has 0 bridgehead atoms. The second kappa shape index (κ2) is 7.11. The molecule has 1 aromatic carbocycles. The van der Waals surface area contributed by atoms with Gasteiger partial charge in [0.05, 0.1) is 6.61 Å². The van der Waals surface area contributed by atoms with Crippen molar-refractivity contribution in [1.29, 1.82) is 0 Å². The minimum absolute atomic E-state index is 0.176. The van der Waals surface area contributed by atoms with Gasteiger partial charge in [0.1, 0.15) is 10.6 Å². The fraction of sp³-hybridized carbons (Fsp3) is 0.500. The molecule has 0 saturated heterocycles. The summed E-state index contributed by atoms with van der Waals surface area (Å²) >= 11 is 3.27. The maximum atomic E-state index is 12.1. The highest BCUT2D eigenvalue weighted by Crippen LogP contribution is 2.27. The molecule has 1 N–H and O–H groups in total. The Bertz CT molecular complexity index is 488. The van der Waals surface area contributed by atoms with E-state index in [1.165, 1.54) is 0 Å². The van der Waals surface area contributed by atoms with Crippen molar-refractivity contribution in [2.45, 2.75) is 31.6 Å². The van der Waals surface area contributed by atoms with Crippen LogP contribution in [0.3, 0.4) is 0 Å². The smallest absolute Gasteiger partial charge is 0.244 e. The largest absolute Gasteiger partial charge is 0.492 e. The van der Waals surface area contributed by atoms with E-state index in [-0.39, 0.29) is 4.90 Å². The van der Waals surface area contributed by atoms with Gasteiger partial charge in [0.15, 0.2) is 0 Å². The molecule has 0 atom stereocenters. The second-order valence-corrected chi connectivity index (χ2v) is 6.43. The number of hydrogen-bond acceptors (Lipinski definition) is 3. The molecule has 0 fully saturated rings. The minimum Gasteiger partial charge on any atom is -0.492 e. The van der Waals surface area contributed by atoms with E-state index < -0.39 is 10.0 Å². The van der Waals surface area contributed by atoms with Crippen LogP contribution >= 0.6 is 15.9 Å². The minimum atomic E-state index is -3.51. The van der Waals surface area contributed by atoms with E-state index in [1.807, 2.05) is 13.8 Å². The zero-order valence-corrected chi connectivity index (χ0v) is 13.0. The molecule has 0 radical (unpaired) electrons. The first kappa shape index (κ1) is 15.5. The first-order valence-corrected chi connectivity index (χ1v) is 8.21. The van der Waals surface area contributed by atoms with E-state index in [0.29, 0.717) is 23.4 Å². The molecule has 0 aliphatic heterocycles. The summed E-state index contributed by atoms with van der Waals surface area (Å²) in [5, 5.41) is 0. The van der Waals surface area contributed by atoms with E-state index in [9.17, 15) is 8.42 Å². The third kappa shape index (κ3) is 4.26. The molecule has 1 rings (SSSR count). The summed E-state index contributed by atoms with van der Waals surface area (Å²) in [5.74, 6) is 0.379. The van der Waals surface area contributed by atoms with E-state index >= 15 is 0 Å². The third-order valence-corrected chi connectivity index (χ3v) is 4.29. The molecule has 0 unspecified atom stereocenters. The molecule has 6 heteroatoms. The molecular formula is C12H18BrNO3S. The number of unbranched alkanes of at least 4 members (excludes halogenated alkanes) is 1.